The second-order valence-corrected chi connectivity index (χ2v) is 6.76. The minimum absolute atomic E-state index is 0.379. The molecule has 0 aliphatic rings. The number of benzene rings is 2. The van der Waals surface area contributed by atoms with Crippen LogP contribution < -0.4 is 5.32 Å². The van der Waals surface area contributed by atoms with Gasteiger partial charge in [0.2, 0.25) is 11.7 Å². The van der Waals surface area contributed by atoms with Gasteiger partial charge in [-0.2, -0.15) is 4.98 Å². The van der Waals surface area contributed by atoms with Gasteiger partial charge in [0, 0.05) is 22.8 Å². The zero-order valence-electron chi connectivity index (χ0n) is 14.9. The molecule has 27 heavy (non-hydrogen) atoms. The van der Waals surface area contributed by atoms with Gasteiger partial charge in [-0.3, -0.25) is 0 Å². The van der Waals surface area contributed by atoms with Gasteiger partial charge < -0.3 is 14.7 Å². The third-order valence-electron chi connectivity index (χ3n) is 3.92. The van der Waals surface area contributed by atoms with Crippen LogP contribution in [0.1, 0.15) is 11.5 Å². The standard InChI is InChI=1S/C20H19ClN4OS/c1-3-12-25(20(27)22-17-7-5-4-6-14(17)2)13-18-23-19(24-26-18)15-8-10-16(21)11-9-15/h3-11H,1,12-13H2,2H3,(H,22,27). The van der Waals surface area contributed by atoms with Crippen molar-refractivity contribution in [1.29, 1.82) is 0 Å². The molecule has 1 aromatic heterocycles. The summed E-state index contributed by atoms with van der Waals surface area (Å²) in [5.74, 6) is 0.980. The number of nitrogens with one attached hydrogen (secondary N) is 1. The van der Waals surface area contributed by atoms with Gasteiger partial charge in [0.05, 0.1) is 6.54 Å². The lowest BCUT2D eigenvalue weighted by Crippen LogP contribution is -2.34. The van der Waals surface area contributed by atoms with Crippen LogP contribution in [0.3, 0.4) is 0 Å². The Bertz CT molecular complexity index is 939. The Labute approximate surface area is 168 Å². The van der Waals surface area contributed by atoms with E-state index in [1.54, 1.807) is 18.2 Å². The second kappa shape index (κ2) is 8.79. The Morgan fingerprint density at radius 1 is 1.26 bits per heavy atom. The molecule has 0 aliphatic heterocycles. The molecule has 0 saturated carbocycles. The van der Waals surface area contributed by atoms with E-state index in [2.05, 4.69) is 22.0 Å². The summed E-state index contributed by atoms with van der Waals surface area (Å²) in [6, 6.07) is 15.2. The lowest BCUT2D eigenvalue weighted by atomic mass is 10.2. The monoisotopic (exact) mass is 398 g/mol. The quantitative estimate of drug-likeness (QED) is 0.461. The SMILES string of the molecule is C=CCN(Cc1nc(-c2ccc(Cl)cc2)no1)C(=S)Nc1ccccc1C. The van der Waals surface area contributed by atoms with Crippen LogP contribution in [0.4, 0.5) is 5.69 Å². The number of aromatic nitrogens is 2. The fourth-order valence-electron chi connectivity index (χ4n) is 2.48. The fourth-order valence-corrected chi connectivity index (χ4v) is 2.86. The largest absolute Gasteiger partial charge is 0.337 e. The highest BCUT2D eigenvalue weighted by atomic mass is 35.5. The third kappa shape index (κ3) is 4.93. The molecule has 138 valence electrons. The molecule has 0 amide bonds. The molecule has 5 nitrogen and oxygen atoms in total. The Morgan fingerprint density at radius 3 is 2.70 bits per heavy atom. The average molecular weight is 399 g/mol. The summed E-state index contributed by atoms with van der Waals surface area (Å²) in [5.41, 5.74) is 2.91. The van der Waals surface area contributed by atoms with E-state index in [1.165, 1.54) is 0 Å². The highest BCUT2D eigenvalue weighted by Gasteiger charge is 2.15. The zero-order valence-corrected chi connectivity index (χ0v) is 16.4. The number of hydrogen-bond donors (Lipinski definition) is 1. The summed E-state index contributed by atoms with van der Waals surface area (Å²) >= 11 is 11.5. The van der Waals surface area contributed by atoms with Crippen molar-refractivity contribution in [2.75, 3.05) is 11.9 Å². The van der Waals surface area contributed by atoms with Crippen molar-refractivity contribution in [2.24, 2.45) is 0 Å². The molecular weight excluding hydrogens is 380 g/mol. The minimum Gasteiger partial charge on any atom is -0.337 e. The number of rotatable bonds is 6. The highest BCUT2D eigenvalue weighted by Crippen LogP contribution is 2.20. The summed E-state index contributed by atoms with van der Waals surface area (Å²) < 4.78 is 5.39. The van der Waals surface area contributed by atoms with E-state index >= 15 is 0 Å². The molecule has 0 atom stereocenters. The maximum atomic E-state index is 5.92. The Morgan fingerprint density at radius 2 is 2.00 bits per heavy atom. The topological polar surface area (TPSA) is 54.2 Å². The summed E-state index contributed by atoms with van der Waals surface area (Å²) in [6.45, 7) is 6.76. The molecule has 0 unspecified atom stereocenters. The van der Waals surface area contributed by atoms with Crippen LogP contribution in [0, 0.1) is 6.92 Å². The molecule has 3 aromatic rings. The van der Waals surface area contributed by atoms with Crippen LogP contribution in [-0.2, 0) is 6.54 Å². The molecule has 0 bridgehead atoms. The number of para-hydroxylation sites is 1. The maximum absolute atomic E-state index is 5.92. The minimum atomic E-state index is 0.379. The Kier molecular flexibility index (Phi) is 6.21. The van der Waals surface area contributed by atoms with Crippen molar-refractivity contribution in [3.05, 3.63) is 77.7 Å². The van der Waals surface area contributed by atoms with Gasteiger partial charge in [-0.15, -0.1) is 6.58 Å². The number of thiocarbonyl (C=S) groups is 1. The Balaban J connectivity index is 1.72. The molecule has 0 radical (unpaired) electrons. The van der Waals surface area contributed by atoms with Gasteiger partial charge in [-0.1, -0.05) is 41.0 Å². The summed E-state index contributed by atoms with van der Waals surface area (Å²) in [4.78, 5) is 6.37. The van der Waals surface area contributed by atoms with Crippen LogP contribution in [0.25, 0.3) is 11.4 Å². The van der Waals surface area contributed by atoms with Crippen molar-refractivity contribution in [3.63, 3.8) is 0 Å². The third-order valence-corrected chi connectivity index (χ3v) is 4.53. The van der Waals surface area contributed by atoms with Gasteiger partial charge >= 0.3 is 0 Å². The number of halogens is 1. The fraction of sp³-hybridized carbons (Fsp3) is 0.150. The summed E-state index contributed by atoms with van der Waals surface area (Å²) in [6.07, 6.45) is 1.78. The molecule has 7 heteroatoms. The predicted octanol–water partition coefficient (Wildman–Crippen LogP) is 5.08. The molecule has 1 N–H and O–H groups in total. The molecule has 0 saturated heterocycles. The van der Waals surface area contributed by atoms with Crippen LogP contribution in [0.15, 0.2) is 65.7 Å². The van der Waals surface area contributed by atoms with Crippen molar-refractivity contribution < 1.29 is 4.52 Å². The zero-order chi connectivity index (χ0) is 19.2. The first-order chi connectivity index (χ1) is 13.1. The van der Waals surface area contributed by atoms with Gasteiger partial charge in [-0.25, -0.2) is 0 Å². The predicted molar refractivity (Wildman–Crippen MR) is 113 cm³/mol. The van der Waals surface area contributed by atoms with Crippen LogP contribution in [0.5, 0.6) is 0 Å². The number of anilines is 1. The van der Waals surface area contributed by atoms with Gasteiger partial charge in [0.25, 0.3) is 0 Å². The number of nitrogens with zero attached hydrogens (tertiary/aromatic N) is 3. The van der Waals surface area contributed by atoms with Gasteiger partial charge in [-0.05, 0) is 55.0 Å². The summed E-state index contributed by atoms with van der Waals surface area (Å²) in [7, 11) is 0. The van der Waals surface area contributed by atoms with E-state index in [4.69, 9.17) is 28.3 Å². The molecule has 1 heterocycles. The number of hydrogen-bond acceptors (Lipinski definition) is 4. The lowest BCUT2D eigenvalue weighted by Gasteiger charge is -2.23. The van der Waals surface area contributed by atoms with Crippen molar-refractivity contribution in [1.82, 2.24) is 15.0 Å². The molecule has 0 fully saturated rings. The first kappa shape index (κ1) is 19.1. The van der Waals surface area contributed by atoms with Crippen molar-refractivity contribution >= 4 is 34.6 Å². The molecular formula is C20H19ClN4OS. The highest BCUT2D eigenvalue weighted by molar-refractivity contribution is 7.80. The Hall–Kier alpha value is -2.70. The van der Waals surface area contributed by atoms with Crippen LogP contribution >= 0.6 is 23.8 Å². The van der Waals surface area contributed by atoms with E-state index in [0.717, 1.165) is 16.8 Å². The van der Waals surface area contributed by atoms with Gasteiger partial charge in [0.15, 0.2) is 5.11 Å². The van der Waals surface area contributed by atoms with Crippen LogP contribution in [-0.4, -0.2) is 26.7 Å². The van der Waals surface area contributed by atoms with E-state index in [9.17, 15) is 0 Å². The first-order valence-corrected chi connectivity index (χ1v) is 9.16. The average Bonchev–Trinajstić information content (AvgIpc) is 3.12. The van der Waals surface area contributed by atoms with Crippen LogP contribution in [0.2, 0.25) is 5.02 Å². The van der Waals surface area contributed by atoms with Crippen molar-refractivity contribution in [3.8, 4) is 11.4 Å². The summed E-state index contributed by atoms with van der Waals surface area (Å²) in [5, 5.41) is 8.53. The smallest absolute Gasteiger partial charge is 0.246 e. The van der Waals surface area contributed by atoms with E-state index in [0.29, 0.717) is 34.9 Å². The van der Waals surface area contributed by atoms with E-state index < -0.39 is 0 Å². The van der Waals surface area contributed by atoms with Crippen molar-refractivity contribution in [2.45, 2.75) is 13.5 Å². The van der Waals surface area contributed by atoms with E-state index in [1.807, 2.05) is 48.2 Å². The lowest BCUT2D eigenvalue weighted by molar-refractivity contribution is 0.326. The molecule has 0 aliphatic carbocycles. The normalized spacial score (nSPS) is 10.4. The maximum Gasteiger partial charge on any atom is 0.246 e. The number of aryl methyl sites for hydroxylation is 1. The van der Waals surface area contributed by atoms with Gasteiger partial charge in [0.1, 0.15) is 0 Å². The molecule has 0 spiro atoms. The first-order valence-electron chi connectivity index (χ1n) is 8.38. The molecule has 3 rings (SSSR count). The molecule has 2 aromatic carbocycles. The second-order valence-electron chi connectivity index (χ2n) is 5.93. The van der Waals surface area contributed by atoms with E-state index in [-0.39, 0.29) is 0 Å².